The number of amides is 1. The molecule has 5 heteroatoms. The number of carbonyl (C=O) groups excluding carboxylic acids is 1. The highest BCUT2D eigenvalue weighted by Gasteiger charge is 2.42. The molecule has 2 saturated heterocycles. The van der Waals surface area contributed by atoms with Crippen molar-refractivity contribution >= 4 is 5.91 Å². The molecule has 0 radical (unpaired) electrons. The van der Waals surface area contributed by atoms with Crippen LogP contribution in [0, 0.1) is 5.92 Å². The maximum Gasteiger partial charge on any atom is 0.224 e. The number of morpholine rings is 1. The molecule has 3 fully saturated rings. The third-order valence-electron chi connectivity index (χ3n) is 6.49. The molecule has 1 amide bonds. The van der Waals surface area contributed by atoms with Gasteiger partial charge in [0.1, 0.15) is 0 Å². The minimum Gasteiger partial charge on any atom is -0.379 e. The van der Waals surface area contributed by atoms with Gasteiger partial charge in [-0.1, -0.05) is 12.8 Å². The van der Waals surface area contributed by atoms with Crippen LogP contribution in [0.2, 0.25) is 0 Å². The van der Waals surface area contributed by atoms with Crippen LogP contribution in [0.25, 0.3) is 0 Å². The maximum atomic E-state index is 12.9. The van der Waals surface area contributed by atoms with Crippen molar-refractivity contribution in [3.8, 4) is 0 Å². The molecule has 3 rings (SSSR count). The average Bonchev–Trinajstić information content (AvgIpc) is 3.07. The second-order valence-corrected chi connectivity index (χ2v) is 8.23. The van der Waals surface area contributed by atoms with E-state index in [2.05, 4.69) is 16.8 Å². The Bertz CT molecular complexity index is 409. The highest BCUT2D eigenvalue weighted by Crippen LogP contribution is 2.39. The zero-order chi connectivity index (χ0) is 17.0. The van der Waals surface area contributed by atoms with Gasteiger partial charge >= 0.3 is 0 Å². The van der Waals surface area contributed by atoms with E-state index in [1.54, 1.807) is 0 Å². The first-order chi connectivity index (χ1) is 11.6. The molecular formula is C19H35N3O2. The predicted molar refractivity (Wildman–Crippen MR) is 96.1 cm³/mol. The van der Waals surface area contributed by atoms with Crippen LogP contribution in [-0.4, -0.2) is 86.2 Å². The molecule has 1 aliphatic carbocycles. The van der Waals surface area contributed by atoms with E-state index in [0.717, 1.165) is 32.8 Å². The summed E-state index contributed by atoms with van der Waals surface area (Å²) < 4.78 is 5.52. The smallest absolute Gasteiger partial charge is 0.224 e. The summed E-state index contributed by atoms with van der Waals surface area (Å²) in [6.07, 6.45) is 8.05. The van der Waals surface area contributed by atoms with Gasteiger partial charge in [0.05, 0.1) is 13.2 Å². The van der Waals surface area contributed by atoms with Crippen molar-refractivity contribution in [1.82, 2.24) is 14.7 Å². The fourth-order valence-corrected chi connectivity index (χ4v) is 4.83. The second kappa shape index (κ2) is 8.15. The van der Waals surface area contributed by atoms with Crippen molar-refractivity contribution in [3.63, 3.8) is 0 Å². The predicted octanol–water partition coefficient (Wildman–Crippen LogP) is 1.82. The Morgan fingerprint density at radius 3 is 2.38 bits per heavy atom. The lowest BCUT2D eigenvalue weighted by atomic mass is 9.89. The Kier molecular flexibility index (Phi) is 6.17. The first-order valence-electron chi connectivity index (χ1n) is 9.84. The van der Waals surface area contributed by atoms with Gasteiger partial charge in [0.2, 0.25) is 5.91 Å². The van der Waals surface area contributed by atoms with Crippen LogP contribution in [0.3, 0.4) is 0 Å². The number of piperidine rings is 1. The van der Waals surface area contributed by atoms with Crippen LogP contribution in [0.1, 0.15) is 44.9 Å². The molecule has 3 aliphatic rings. The van der Waals surface area contributed by atoms with Crippen LogP contribution < -0.4 is 0 Å². The van der Waals surface area contributed by atoms with E-state index < -0.39 is 0 Å². The van der Waals surface area contributed by atoms with E-state index in [-0.39, 0.29) is 5.54 Å². The van der Waals surface area contributed by atoms with Gasteiger partial charge in [-0.15, -0.1) is 0 Å². The molecule has 24 heavy (non-hydrogen) atoms. The molecule has 0 atom stereocenters. The molecular weight excluding hydrogens is 302 g/mol. The van der Waals surface area contributed by atoms with E-state index >= 15 is 0 Å². The van der Waals surface area contributed by atoms with Gasteiger partial charge in [0.25, 0.3) is 0 Å². The molecule has 0 unspecified atom stereocenters. The highest BCUT2D eigenvalue weighted by atomic mass is 16.5. The maximum absolute atomic E-state index is 12.9. The third-order valence-corrected chi connectivity index (χ3v) is 6.49. The lowest BCUT2D eigenvalue weighted by molar-refractivity contribution is -0.135. The largest absolute Gasteiger partial charge is 0.379 e. The zero-order valence-corrected chi connectivity index (χ0v) is 15.6. The number of nitrogens with zero attached hydrogens (tertiary/aromatic N) is 3. The van der Waals surface area contributed by atoms with Crippen molar-refractivity contribution in [2.45, 2.75) is 50.5 Å². The van der Waals surface area contributed by atoms with E-state index in [1.807, 2.05) is 11.9 Å². The fourth-order valence-electron chi connectivity index (χ4n) is 4.83. The number of hydrogen-bond acceptors (Lipinski definition) is 4. The van der Waals surface area contributed by atoms with Crippen molar-refractivity contribution in [2.75, 3.05) is 60.0 Å². The van der Waals surface area contributed by atoms with Gasteiger partial charge in [0, 0.05) is 38.6 Å². The molecule has 0 N–H and O–H groups in total. The van der Waals surface area contributed by atoms with Gasteiger partial charge < -0.3 is 14.5 Å². The molecule has 0 aromatic carbocycles. The Morgan fingerprint density at radius 2 is 1.75 bits per heavy atom. The zero-order valence-electron chi connectivity index (χ0n) is 15.6. The Hall–Kier alpha value is -0.650. The second-order valence-electron chi connectivity index (χ2n) is 8.23. The van der Waals surface area contributed by atoms with Gasteiger partial charge in [-0.3, -0.25) is 9.69 Å². The van der Waals surface area contributed by atoms with E-state index in [4.69, 9.17) is 4.74 Å². The molecule has 2 heterocycles. The molecule has 0 spiro atoms. The molecule has 5 nitrogen and oxygen atoms in total. The monoisotopic (exact) mass is 337 g/mol. The lowest BCUT2D eigenvalue weighted by Gasteiger charge is -2.44. The summed E-state index contributed by atoms with van der Waals surface area (Å²) in [5, 5.41) is 0. The number of hydrogen-bond donors (Lipinski definition) is 0. The molecule has 0 bridgehead atoms. The lowest BCUT2D eigenvalue weighted by Crippen LogP contribution is -2.54. The number of ether oxygens (including phenoxy) is 1. The average molecular weight is 338 g/mol. The van der Waals surface area contributed by atoms with Gasteiger partial charge in [-0.05, 0) is 51.7 Å². The van der Waals surface area contributed by atoms with Crippen molar-refractivity contribution in [1.29, 1.82) is 0 Å². The summed E-state index contributed by atoms with van der Waals surface area (Å²) in [7, 11) is 4.21. The standard InChI is InChI=1S/C19H35N3O2/c1-20-9-5-17(6-10-20)16-21(2)18(23)15-19(7-3-4-8-19)22-11-13-24-14-12-22/h17H,3-16H2,1-2H3. The van der Waals surface area contributed by atoms with Crippen LogP contribution in [0.4, 0.5) is 0 Å². The third kappa shape index (κ3) is 4.30. The van der Waals surface area contributed by atoms with Crippen molar-refractivity contribution in [3.05, 3.63) is 0 Å². The Labute approximate surface area is 147 Å². The van der Waals surface area contributed by atoms with Crippen LogP contribution in [-0.2, 0) is 9.53 Å². The molecule has 0 aromatic heterocycles. The summed E-state index contributed by atoms with van der Waals surface area (Å²) in [6, 6.07) is 0. The normalized spacial score (nSPS) is 26.6. The quantitative estimate of drug-likeness (QED) is 0.767. The van der Waals surface area contributed by atoms with Crippen LogP contribution >= 0.6 is 0 Å². The van der Waals surface area contributed by atoms with E-state index in [0.29, 0.717) is 18.2 Å². The SMILES string of the molecule is CN1CCC(CN(C)C(=O)CC2(N3CCOCC3)CCCC2)CC1. The number of rotatable bonds is 5. The first-order valence-corrected chi connectivity index (χ1v) is 9.84. The molecule has 2 aliphatic heterocycles. The highest BCUT2D eigenvalue weighted by molar-refractivity contribution is 5.77. The number of carbonyl (C=O) groups is 1. The molecule has 0 aromatic rings. The van der Waals surface area contributed by atoms with Gasteiger partial charge in [-0.25, -0.2) is 0 Å². The van der Waals surface area contributed by atoms with Crippen molar-refractivity contribution < 1.29 is 9.53 Å². The minimum absolute atomic E-state index is 0.113. The van der Waals surface area contributed by atoms with Crippen molar-refractivity contribution in [2.24, 2.45) is 5.92 Å². The van der Waals surface area contributed by atoms with Crippen LogP contribution in [0.15, 0.2) is 0 Å². The summed E-state index contributed by atoms with van der Waals surface area (Å²) in [5.41, 5.74) is 0.113. The van der Waals surface area contributed by atoms with E-state index in [9.17, 15) is 4.79 Å². The summed E-state index contributed by atoms with van der Waals surface area (Å²) in [6.45, 7) is 6.90. The Balaban J connectivity index is 1.55. The van der Waals surface area contributed by atoms with E-state index in [1.165, 1.54) is 51.6 Å². The number of likely N-dealkylation sites (tertiary alicyclic amines) is 1. The van der Waals surface area contributed by atoms with Gasteiger partial charge in [-0.2, -0.15) is 0 Å². The topological polar surface area (TPSA) is 36.0 Å². The van der Waals surface area contributed by atoms with Gasteiger partial charge in [0.15, 0.2) is 0 Å². The summed E-state index contributed by atoms with van der Waals surface area (Å²) in [4.78, 5) is 19.9. The Morgan fingerprint density at radius 1 is 1.12 bits per heavy atom. The van der Waals surface area contributed by atoms with Crippen LogP contribution in [0.5, 0.6) is 0 Å². The summed E-state index contributed by atoms with van der Waals surface area (Å²) >= 11 is 0. The fraction of sp³-hybridized carbons (Fsp3) is 0.947. The minimum atomic E-state index is 0.113. The molecule has 1 saturated carbocycles. The first kappa shape index (κ1) is 18.2. The summed E-state index contributed by atoms with van der Waals surface area (Å²) in [5.74, 6) is 1.03. The molecule has 138 valence electrons.